The average molecular weight is 358 g/mol. The molecule has 23 heavy (non-hydrogen) atoms. The number of hydrogen-bond acceptors (Lipinski definition) is 4. The Balaban J connectivity index is 1.98. The summed E-state index contributed by atoms with van der Waals surface area (Å²) in [5.41, 5.74) is 2.85. The highest BCUT2D eigenvalue weighted by Gasteiger charge is 2.11. The SMILES string of the molecule is N#CC(=Cc1cccnc1)c1nc(-c2ccc(Cl)cc2Cl)cs1. The Hall–Kier alpha value is -2.19. The van der Waals surface area contributed by atoms with E-state index in [0.29, 0.717) is 20.6 Å². The zero-order valence-corrected chi connectivity index (χ0v) is 14.0. The van der Waals surface area contributed by atoms with Gasteiger partial charge in [0.25, 0.3) is 0 Å². The van der Waals surface area contributed by atoms with Crippen LogP contribution in [0.2, 0.25) is 10.0 Å². The number of nitriles is 1. The summed E-state index contributed by atoms with van der Waals surface area (Å²) in [5.74, 6) is 0. The lowest BCUT2D eigenvalue weighted by Crippen LogP contribution is -1.84. The molecule has 3 rings (SSSR count). The summed E-state index contributed by atoms with van der Waals surface area (Å²) in [5, 5.41) is 13.0. The Bertz CT molecular complexity index is 911. The molecule has 0 aliphatic heterocycles. The third-order valence-corrected chi connectivity index (χ3v) is 4.48. The predicted molar refractivity (Wildman–Crippen MR) is 95.3 cm³/mol. The molecule has 0 aliphatic carbocycles. The van der Waals surface area contributed by atoms with Gasteiger partial charge < -0.3 is 0 Å². The standard InChI is InChI=1S/C17H9Cl2N3S/c18-13-3-4-14(15(19)7-13)16-10-23-17(22-16)12(8-20)6-11-2-1-5-21-9-11/h1-7,9-10H. The van der Waals surface area contributed by atoms with E-state index in [2.05, 4.69) is 16.0 Å². The number of thiazole rings is 1. The first-order chi connectivity index (χ1) is 11.2. The Morgan fingerprint density at radius 3 is 2.83 bits per heavy atom. The molecule has 0 saturated carbocycles. The first-order valence-corrected chi connectivity index (χ1v) is 8.24. The maximum absolute atomic E-state index is 9.40. The van der Waals surface area contributed by atoms with Crippen LogP contribution in [-0.4, -0.2) is 9.97 Å². The first-order valence-electron chi connectivity index (χ1n) is 6.60. The van der Waals surface area contributed by atoms with Crippen LogP contribution in [0.4, 0.5) is 0 Å². The van der Waals surface area contributed by atoms with E-state index in [1.54, 1.807) is 30.6 Å². The van der Waals surface area contributed by atoms with Gasteiger partial charge in [0.05, 0.1) is 16.3 Å². The fourth-order valence-electron chi connectivity index (χ4n) is 1.99. The molecule has 0 unspecified atom stereocenters. The highest BCUT2D eigenvalue weighted by atomic mass is 35.5. The Labute approximate surface area is 147 Å². The lowest BCUT2D eigenvalue weighted by Gasteiger charge is -2.00. The van der Waals surface area contributed by atoms with Crippen LogP contribution >= 0.6 is 34.5 Å². The largest absolute Gasteiger partial charge is 0.264 e. The van der Waals surface area contributed by atoms with E-state index < -0.39 is 0 Å². The van der Waals surface area contributed by atoms with Crippen molar-refractivity contribution >= 4 is 46.2 Å². The Kier molecular flexibility index (Phi) is 4.73. The van der Waals surface area contributed by atoms with Crippen molar-refractivity contribution in [3.8, 4) is 17.3 Å². The highest BCUT2D eigenvalue weighted by molar-refractivity contribution is 7.11. The van der Waals surface area contributed by atoms with Crippen LogP contribution in [0.5, 0.6) is 0 Å². The molecule has 0 amide bonds. The fourth-order valence-corrected chi connectivity index (χ4v) is 3.28. The first kappa shape index (κ1) is 15.7. The van der Waals surface area contributed by atoms with Crippen molar-refractivity contribution in [2.24, 2.45) is 0 Å². The number of rotatable bonds is 3. The Morgan fingerprint density at radius 2 is 2.13 bits per heavy atom. The third-order valence-electron chi connectivity index (χ3n) is 3.06. The zero-order chi connectivity index (χ0) is 16.2. The number of benzene rings is 1. The van der Waals surface area contributed by atoms with Crippen molar-refractivity contribution in [3.63, 3.8) is 0 Å². The molecule has 0 saturated heterocycles. The van der Waals surface area contributed by atoms with Gasteiger partial charge in [-0.05, 0) is 35.9 Å². The van der Waals surface area contributed by atoms with Crippen LogP contribution < -0.4 is 0 Å². The second-order valence-electron chi connectivity index (χ2n) is 4.62. The van der Waals surface area contributed by atoms with Gasteiger partial charge in [0.1, 0.15) is 11.1 Å². The fraction of sp³-hybridized carbons (Fsp3) is 0. The van der Waals surface area contributed by atoms with Gasteiger partial charge in [0.2, 0.25) is 0 Å². The smallest absolute Gasteiger partial charge is 0.134 e. The van der Waals surface area contributed by atoms with Crippen molar-refractivity contribution in [1.82, 2.24) is 9.97 Å². The van der Waals surface area contributed by atoms with Crippen LogP contribution in [-0.2, 0) is 0 Å². The van der Waals surface area contributed by atoms with Gasteiger partial charge in [-0.15, -0.1) is 11.3 Å². The topological polar surface area (TPSA) is 49.6 Å². The summed E-state index contributed by atoms with van der Waals surface area (Å²) >= 11 is 13.5. The summed E-state index contributed by atoms with van der Waals surface area (Å²) in [4.78, 5) is 8.56. The van der Waals surface area contributed by atoms with Crippen molar-refractivity contribution in [2.75, 3.05) is 0 Å². The zero-order valence-electron chi connectivity index (χ0n) is 11.7. The minimum atomic E-state index is 0.485. The van der Waals surface area contributed by atoms with Crippen molar-refractivity contribution in [1.29, 1.82) is 5.26 Å². The molecule has 0 fully saturated rings. The maximum atomic E-state index is 9.40. The summed E-state index contributed by atoms with van der Waals surface area (Å²) in [7, 11) is 0. The third kappa shape index (κ3) is 3.59. The van der Waals surface area contributed by atoms with E-state index in [1.807, 2.05) is 23.6 Å². The predicted octanol–water partition coefficient (Wildman–Crippen LogP) is 5.58. The van der Waals surface area contributed by atoms with Crippen molar-refractivity contribution in [3.05, 3.63) is 68.7 Å². The number of halogens is 2. The van der Waals surface area contributed by atoms with E-state index in [-0.39, 0.29) is 0 Å². The summed E-state index contributed by atoms with van der Waals surface area (Å²) in [6.45, 7) is 0. The molecule has 0 N–H and O–H groups in total. The van der Waals surface area contributed by atoms with Gasteiger partial charge in [-0.1, -0.05) is 29.3 Å². The van der Waals surface area contributed by atoms with E-state index >= 15 is 0 Å². The number of hydrogen-bond donors (Lipinski definition) is 0. The lowest BCUT2D eigenvalue weighted by molar-refractivity contribution is 1.32. The van der Waals surface area contributed by atoms with Gasteiger partial charge in [-0.3, -0.25) is 4.98 Å². The highest BCUT2D eigenvalue weighted by Crippen LogP contribution is 2.32. The molecule has 0 aliphatic rings. The van der Waals surface area contributed by atoms with E-state index in [9.17, 15) is 5.26 Å². The molecule has 3 nitrogen and oxygen atoms in total. The molecular weight excluding hydrogens is 349 g/mol. The van der Waals surface area contributed by atoms with Gasteiger partial charge >= 0.3 is 0 Å². The van der Waals surface area contributed by atoms with E-state index in [1.165, 1.54) is 11.3 Å². The van der Waals surface area contributed by atoms with Crippen LogP contribution in [0, 0.1) is 11.3 Å². The molecule has 0 atom stereocenters. The molecule has 112 valence electrons. The maximum Gasteiger partial charge on any atom is 0.134 e. The van der Waals surface area contributed by atoms with Crippen molar-refractivity contribution in [2.45, 2.75) is 0 Å². The summed E-state index contributed by atoms with van der Waals surface area (Å²) in [6.07, 6.45) is 5.15. The van der Waals surface area contributed by atoms with Crippen LogP contribution in [0.25, 0.3) is 22.9 Å². The molecule has 0 radical (unpaired) electrons. The van der Waals surface area contributed by atoms with Crippen LogP contribution in [0.3, 0.4) is 0 Å². The van der Waals surface area contributed by atoms with Crippen molar-refractivity contribution < 1.29 is 0 Å². The molecule has 2 heterocycles. The number of nitrogens with zero attached hydrogens (tertiary/aromatic N) is 3. The molecule has 2 aromatic heterocycles. The summed E-state index contributed by atoms with van der Waals surface area (Å²) in [6, 6.07) is 11.1. The number of aromatic nitrogens is 2. The molecule has 6 heteroatoms. The van der Waals surface area contributed by atoms with Gasteiger partial charge in [0, 0.05) is 28.4 Å². The second-order valence-corrected chi connectivity index (χ2v) is 6.32. The molecule has 0 bridgehead atoms. The van der Waals surface area contributed by atoms with E-state index in [0.717, 1.165) is 16.8 Å². The quantitative estimate of drug-likeness (QED) is 0.575. The monoisotopic (exact) mass is 357 g/mol. The van der Waals surface area contributed by atoms with Gasteiger partial charge in [-0.2, -0.15) is 5.26 Å². The van der Waals surface area contributed by atoms with Crippen LogP contribution in [0.1, 0.15) is 10.6 Å². The molecule has 3 aromatic rings. The van der Waals surface area contributed by atoms with Gasteiger partial charge in [0.15, 0.2) is 0 Å². The summed E-state index contributed by atoms with van der Waals surface area (Å²) < 4.78 is 0. The average Bonchev–Trinajstić information content (AvgIpc) is 3.03. The minimum absolute atomic E-state index is 0.485. The second kappa shape index (κ2) is 6.93. The van der Waals surface area contributed by atoms with Crippen LogP contribution in [0.15, 0.2) is 48.1 Å². The normalized spacial score (nSPS) is 11.3. The molecular formula is C17H9Cl2N3S. The number of allylic oxidation sites excluding steroid dienone is 1. The Morgan fingerprint density at radius 1 is 1.26 bits per heavy atom. The molecule has 0 spiro atoms. The van der Waals surface area contributed by atoms with Gasteiger partial charge in [-0.25, -0.2) is 4.98 Å². The lowest BCUT2D eigenvalue weighted by atomic mass is 10.1. The molecule has 1 aromatic carbocycles. The minimum Gasteiger partial charge on any atom is -0.264 e. The number of pyridine rings is 1. The van der Waals surface area contributed by atoms with E-state index in [4.69, 9.17) is 23.2 Å².